The Morgan fingerprint density at radius 1 is 1.45 bits per heavy atom. The predicted octanol–water partition coefficient (Wildman–Crippen LogP) is 3.70. The largest absolute Gasteiger partial charge is 0.480 e. The van der Waals surface area contributed by atoms with Crippen LogP contribution in [0.15, 0.2) is 11.4 Å². The normalized spacial score (nSPS) is 30.9. The number of carboxylic acid groups (broad SMARTS) is 1. The van der Waals surface area contributed by atoms with Gasteiger partial charge in [0.25, 0.3) is 0 Å². The van der Waals surface area contributed by atoms with Gasteiger partial charge in [0, 0.05) is 17.5 Å². The van der Waals surface area contributed by atoms with Crippen LogP contribution >= 0.6 is 11.3 Å². The minimum absolute atomic E-state index is 0.415. The molecule has 3 rings (SSSR count). The Balaban J connectivity index is 1.90. The van der Waals surface area contributed by atoms with Gasteiger partial charge in [-0.15, -0.1) is 11.3 Å². The number of hydrogen-bond acceptors (Lipinski definition) is 3. The van der Waals surface area contributed by atoms with E-state index in [2.05, 4.69) is 11.8 Å². The van der Waals surface area contributed by atoms with E-state index in [0.29, 0.717) is 12.0 Å². The van der Waals surface area contributed by atoms with Gasteiger partial charge in [0.05, 0.1) is 0 Å². The van der Waals surface area contributed by atoms with Gasteiger partial charge in [-0.3, -0.25) is 9.69 Å². The molecule has 0 saturated heterocycles. The highest BCUT2D eigenvalue weighted by Gasteiger charge is 2.40. The van der Waals surface area contributed by atoms with Gasteiger partial charge in [-0.1, -0.05) is 26.2 Å². The zero-order valence-electron chi connectivity index (χ0n) is 12.0. The summed E-state index contributed by atoms with van der Waals surface area (Å²) in [6.07, 6.45) is 7.18. The van der Waals surface area contributed by atoms with E-state index in [1.165, 1.54) is 37.0 Å². The molecule has 1 aliphatic carbocycles. The number of fused-ring (bicyclic) bond motifs is 1. The third kappa shape index (κ3) is 2.40. The van der Waals surface area contributed by atoms with Gasteiger partial charge >= 0.3 is 5.97 Å². The van der Waals surface area contributed by atoms with Crippen LogP contribution in [0, 0.1) is 5.92 Å². The van der Waals surface area contributed by atoms with Crippen LogP contribution in [0.4, 0.5) is 0 Å². The number of thiophene rings is 1. The SMILES string of the molecule is CCC1CCCCC1N1CCc2sccc2C1C(=O)O. The maximum Gasteiger partial charge on any atom is 0.325 e. The van der Waals surface area contributed by atoms with Gasteiger partial charge in [-0.25, -0.2) is 0 Å². The molecule has 0 spiro atoms. The molecule has 1 N–H and O–H groups in total. The minimum atomic E-state index is -0.676. The number of hydrogen-bond donors (Lipinski definition) is 1. The molecule has 3 unspecified atom stereocenters. The Morgan fingerprint density at radius 3 is 3.00 bits per heavy atom. The lowest BCUT2D eigenvalue weighted by atomic mass is 9.80. The van der Waals surface area contributed by atoms with Crippen molar-refractivity contribution >= 4 is 17.3 Å². The molecule has 0 aromatic carbocycles. The number of carbonyl (C=O) groups is 1. The van der Waals surface area contributed by atoms with Crippen molar-refractivity contribution in [1.82, 2.24) is 4.90 Å². The van der Waals surface area contributed by atoms with Crippen LogP contribution in [0.5, 0.6) is 0 Å². The van der Waals surface area contributed by atoms with Gasteiger partial charge in [0.15, 0.2) is 0 Å². The highest BCUT2D eigenvalue weighted by atomic mass is 32.1. The summed E-state index contributed by atoms with van der Waals surface area (Å²) < 4.78 is 0. The van der Waals surface area contributed by atoms with Crippen LogP contribution in [0.25, 0.3) is 0 Å². The lowest BCUT2D eigenvalue weighted by Crippen LogP contribution is -2.49. The molecule has 1 aliphatic heterocycles. The minimum Gasteiger partial charge on any atom is -0.480 e. The maximum absolute atomic E-state index is 11.8. The first-order valence-electron chi connectivity index (χ1n) is 7.77. The van der Waals surface area contributed by atoms with E-state index in [1.54, 1.807) is 11.3 Å². The quantitative estimate of drug-likeness (QED) is 0.923. The van der Waals surface area contributed by atoms with Crippen molar-refractivity contribution in [2.75, 3.05) is 6.54 Å². The third-order valence-corrected chi connectivity index (χ3v) is 6.05. The standard InChI is InChI=1S/C16H23NO2S/c1-2-11-5-3-4-6-13(11)17-9-7-14-12(8-10-20-14)15(17)16(18)19/h8,10-11,13,15H,2-7,9H2,1H3,(H,18,19). The molecule has 2 aliphatic rings. The molecule has 3 nitrogen and oxygen atoms in total. The second-order valence-corrected chi connectivity index (χ2v) is 7.05. The maximum atomic E-state index is 11.8. The van der Waals surface area contributed by atoms with Crippen molar-refractivity contribution in [3.05, 3.63) is 21.9 Å². The first kappa shape index (κ1) is 14.1. The van der Waals surface area contributed by atoms with Crippen molar-refractivity contribution < 1.29 is 9.90 Å². The van der Waals surface area contributed by atoms with Gasteiger partial charge < -0.3 is 5.11 Å². The Kier molecular flexibility index (Phi) is 4.13. The Labute approximate surface area is 124 Å². The molecular formula is C16H23NO2S. The smallest absolute Gasteiger partial charge is 0.325 e. The molecule has 1 saturated carbocycles. The van der Waals surface area contributed by atoms with E-state index in [1.807, 2.05) is 11.4 Å². The lowest BCUT2D eigenvalue weighted by molar-refractivity contribution is -0.146. The number of carboxylic acids is 1. The van der Waals surface area contributed by atoms with Crippen molar-refractivity contribution in [1.29, 1.82) is 0 Å². The van der Waals surface area contributed by atoms with Gasteiger partial charge in [0.1, 0.15) is 6.04 Å². The zero-order valence-corrected chi connectivity index (χ0v) is 12.9. The Hall–Kier alpha value is -0.870. The van der Waals surface area contributed by atoms with E-state index in [-0.39, 0.29) is 0 Å². The summed E-state index contributed by atoms with van der Waals surface area (Å²) in [5, 5.41) is 11.8. The van der Waals surface area contributed by atoms with E-state index < -0.39 is 12.0 Å². The van der Waals surface area contributed by atoms with Crippen LogP contribution in [-0.2, 0) is 11.2 Å². The van der Waals surface area contributed by atoms with Crippen molar-refractivity contribution in [2.45, 2.75) is 57.5 Å². The fraction of sp³-hybridized carbons (Fsp3) is 0.688. The summed E-state index contributed by atoms with van der Waals surface area (Å²) in [6, 6.07) is 2.07. The molecule has 1 aromatic heterocycles. The molecule has 0 amide bonds. The molecule has 1 fully saturated rings. The average molecular weight is 293 g/mol. The molecule has 0 bridgehead atoms. The molecule has 4 heteroatoms. The van der Waals surface area contributed by atoms with E-state index in [9.17, 15) is 9.90 Å². The lowest BCUT2D eigenvalue weighted by Gasteiger charge is -2.44. The van der Waals surface area contributed by atoms with E-state index in [4.69, 9.17) is 0 Å². The summed E-state index contributed by atoms with van der Waals surface area (Å²) in [7, 11) is 0. The summed E-state index contributed by atoms with van der Waals surface area (Å²) in [5.41, 5.74) is 1.05. The van der Waals surface area contributed by atoms with Crippen LogP contribution in [0.2, 0.25) is 0 Å². The van der Waals surface area contributed by atoms with Crippen molar-refractivity contribution in [2.24, 2.45) is 5.92 Å². The Bertz CT molecular complexity index is 485. The number of nitrogens with zero attached hydrogens (tertiary/aromatic N) is 1. The van der Waals surface area contributed by atoms with Gasteiger partial charge in [-0.2, -0.15) is 0 Å². The Morgan fingerprint density at radius 2 is 2.25 bits per heavy atom. The van der Waals surface area contributed by atoms with Gasteiger partial charge in [-0.05, 0) is 42.2 Å². The second-order valence-electron chi connectivity index (χ2n) is 6.05. The molecule has 0 radical (unpaired) electrons. The van der Waals surface area contributed by atoms with Crippen LogP contribution < -0.4 is 0 Å². The first-order chi connectivity index (χ1) is 9.72. The highest BCUT2D eigenvalue weighted by molar-refractivity contribution is 7.10. The van der Waals surface area contributed by atoms with Crippen LogP contribution in [0.3, 0.4) is 0 Å². The zero-order chi connectivity index (χ0) is 14.1. The van der Waals surface area contributed by atoms with Crippen molar-refractivity contribution in [3.63, 3.8) is 0 Å². The molecule has 110 valence electrons. The average Bonchev–Trinajstić information content (AvgIpc) is 2.94. The molecule has 20 heavy (non-hydrogen) atoms. The third-order valence-electron chi connectivity index (χ3n) is 5.06. The summed E-state index contributed by atoms with van der Waals surface area (Å²) in [4.78, 5) is 15.4. The molecule has 3 atom stereocenters. The van der Waals surface area contributed by atoms with E-state index in [0.717, 1.165) is 18.5 Å². The van der Waals surface area contributed by atoms with E-state index >= 15 is 0 Å². The number of rotatable bonds is 3. The highest BCUT2D eigenvalue weighted by Crippen LogP contribution is 2.40. The first-order valence-corrected chi connectivity index (χ1v) is 8.65. The molecule has 1 aromatic rings. The summed E-state index contributed by atoms with van der Waals surface area (Å²) in [5.74, 6) is -0.00411. The van der Waals surface area contributed by atoms with Gasteiger partial charge in [0.2, 0.25) is 0 Å². The summed E-state index contributed by atoms with van der Waals surface area (Å²) >= 11 is 1.71. The van der Waals surface area contributed by atoms with Crippen LogP contribution in [0.1, 0.15) is 55.5 Å². The van der Waals surface area contributed by atoms with Crippen LogP contribution in [-0.4, -0.2) is 28.6 Å². The summed E-state index contributed by atoms with van der Waals surface area (Å²) in [6.45, 7) is 3.16. The number of aliphatic carboxylic acids is 1. The monoisotopic (exact) mass is 293 g/mol. The fourth-order valence-corrected chi connectivity index (χ4v) is 4.97. The molecular weight excluding hydrogens is 270 g/mol. The predicted molar refractivity (Wildman–Crippen MR) is 81.1 cm³/mol. The second kappa shape index (κ2) is 5.86. The fourth-order valence-electron chi connectivity index (χ4n) is 4.07. The van der Waals surface area contributed by atoms with Crippen molar-refractivity contribution in [3.8, 4) is 0 Å². The topological polar surface area (TPSA) is 40.5 Å². The molecule has 2 heterocycles.